The van der Waals surface area contributed by atoms with E-state index in [4.69, 9.17) is 0 Å². The minimum Gasteiger partial charge on any atom is -0.481 e. The van der Waals surface area contributed by atoms with Crippen molar-refractivity contribution < 1.29 is 14.7 Å². The van der Waals surface area contributed by atoms with Gasteiger partial charge in [-0.15, -0.1) is 0 Å². The van der Waals surface area contributed by atoms with Crippen molar-refractivity contribution >= 4 is 11.9 Å². The molecule has 1 saturated carbocycles. The van der Waals surface area contributed by atoms with Crippen LogP contribution in [0.15, 0.2) is 30.3 Å². The molecule has 1 aliphatic carbocycles. The highest BCUT2D eigenvalue weighted by atomic mass is 16.4. The number of nitrogens with one attached hydrogen (secondary N) is 1. The summed E-state index contributed by atoms with van der Waals surface area (Å²) in [6.45, 7) is 6.14. The van der Waals surface area contributed by atoms with Crippen molar-refractivity contribution in [3.05, 3.63) is 35.9 Å². The molecule has 0 bridgehead atoms. The summed E-state index contributed by atoms with van der Waals surface area (Å²) in [7, 11) is 0. The molecular formula is C18H25NO3. The van der Waals surface area contributed by atoms with Crippen LogP contribution >= 0.6 is 0 Å². The van der Waals surface area contributed by atoms with Gasteiger partial charge in [-0.2, -0.15) is 0 Å². The lowest BCUT2D eigenvalue weighted by Crippen LogP contribution is -2.45. The van der Waals surface area contributed by atoms with Crippen molar-refractivity contribution in [2.75, 3.05) is 6.54 Å². The highest BCUT2D eigenvalue weighted by molar-refractivity contribution is 5.83. The Balaban J connectivity index is 1.95. The van der Waals surface area contributed by atoms with Gasteiger partial charge < -0.3 is 10.4 Å². The van der Waals surface area contributed by atoms with Crippen LogP contribution in [0.3, 0.4) is 0 Å². The summed E-state index contributed by atoms with van der Waals surface area (Å²) in [6, 6.07) is 10.0. The molecule has 2 N–H and O–H groups in total. The molecule has 0 spiro atoms. The molecule has 0 heterocycles. The minimum atomic E-state index is -0.839. The van der Waals surface area contributed by atoms with E-state index in [1.807, 2.05) is 44.2 Å². The van der Waals surface area contributed by atoms with Crippen LogP contribution in [-0.4, -0.2) is 23.5 Å². The number of carbonyl (C=O) groups is 2. The number of carboxylic acids is 1. The van der Waals surface area contributed by atoms with Crippen molar-refractivity contribution in [1.29, 1.82) is 0 Å². The normalized spacial score (nSPS) is 26.6. The summed E-state index contributed by atoms with van der Waals surface area (Å²) in [5, 5.41) is 12.5. The molecule has 1 aromatic rings. The zero-order valence-electron chi connectivity index (χ0n) is 13.6. The molecule has 1 aromatic carbocycles. The zero-order valence-corrected chi connectivity index (χ0v) is 13.6. The smallest absolute Gasteiger partial charge is 0.309 e. The van der Waals surface area contributed by atoms with E-state index in [2.05, 4.69) is 5.32 Å². The molecule has 1 aliphatic rings. The van der Waals surface area contributed by atoms with E-state index in [1.165, 1.54) is 5.56 Å². The Morgan fingerprint density at radius 2 is 1.86 bits per heavy atom. The van der Waals surface area contributed by atoms with Gasteiger partial charge >= 0.3 is 5.97 Å². The van der Waals surface area contributed by atoms with E-state index in [0.29, 0.717) is 19.4 Å². The minimum absolute atomic E-state index is 0.0223. The monoisotopic (exact) mass is 303 g/mol. The second-order valence-electron chi connectivity index (χ2n) is 6.98. The lowest BCUT2D eigenvalue weighted by atomic mass is 9.65. The Morgan fingerprint density at radius 3 is 2.41 bits per heavy atom. The number of hydrogen-bond acceptors (Lipinski definition) is 2. The van der Waals surface area contributed by atoms with Gasteiger partial charge in [-0.05, 0) is 37.2 Å². The van der Waals surface area contributed by atoms with Gasteiger partial charge in [0.25, 0.3) is 0 Å². The molecule has 0 aromatic heterocycles. The van der Waals surface area contributed by atoms with Crippen molar-refractivity contribution in [2.24, 2.45) is 16.7 Å². The Kier molecular flexibility index (Phi) is 4.59. The Morgan fingerprint density at radius 1 is 1.23 bits per heavy atom. The molecule has 0 saturated heterocycles. The Hall–Kier alpha value is -1.84. The number of amides is 1. The number of hydrogen-bond donors (Lipinski definition) is 2. The highest BCUT2D eigenvalue weighted by Crippen LogP contribution is 2.56. The first-order valence-corrected chi connectivity index (χ1v) is 7.84. The van der Waals surface area contributed by atoms with Gasteiger partial charge in [0.2, 0.25) is 5.91 Å². The van der Waals surface area contributed by atoms with Crippen LogP contribution in [0.4, 0.5) is 0 Å². The Bertz CT molecular complexity index is 553. The van der Waals surface area contributed by atoms with E-state index < -0.39 is 16.8 Å². The maximum Gasteiger partial charge on any atom is 0.309 e. The molecule has 120 valence electrons. The topological polar surface area (TPSA) is 66.4 Å². The van der Waals surface area contributed by atoms with Crippen LogP contribution in [-0.2, 0) is 16.0 Å². The summed E-state index contributed by atoms with van der Waals surface area (Å²) >= 11 is 0. The van der Waals surface area contributed by atoms with Gasteiger partial charge in [0.15, 0.2) is 0 Å². The third kappa shape index (κ3) is 2.87. The summed E-state index contributed by atoms with van der Waals surface area (Å²) in [5.74, 6) is -1.08. The molecule has 4 heteroatoms. The number of carbonyl (C=O) groups excluding carboxylic acids is 1. The zero-order chi connectivity index (χ0) is 16.4. The first kappa shape index (κ1) is 16.5. The van der Waals surface area contributed by atoms with Crippen LogP contribution < -0.4 is 5.32 Å². The summed E-state index contributed by atoms with van der Waals surface area (Å²) in [5.41, 5.74) is -0.201. The largest absolute Gasteiger partial charge is 0.481 e. The van der Waals surface area contributed by atoms with Crippen molar-refractivity contribution in [2.45, 2.75) is 40.0 Å². The summed E-state index contributed by atoms with van der Waals surface area (Å²) < 4.78 is 0. The molecule has 22 heavy (non-hydrogen) atoms. The second kappa shape index (κ2) is 6.11. The molecule has 1 fully saturated rings. The fourth-order valence-electron chi connectivity index (χ4n) is 3.44. The average molecular weight is 303 g/mol. The molecule has 2 atom stereocenters. The predicted molar refractivity (Wildman–Crippen MR) is 85.4 cm³/mol. The second-order valence-corrected chi connectivity index (χ2v) is 6.98. The van der Waals surface area contributed by atoms with Gasteiger partial charge in [-0.25, -0.2) is 0 Å². The third-order valence-corrected chi connectivity index (χ3v) is 5.57. The van der Waals surface area contributed by atoms with Crippen LogP contribution in [0.5, 0.6) is 0 Å². The van der Waals surface area contributed by atoms with Gasteiger partial charge in [-0.1, -0.05) is 44.2 Å². The van der Waals surface area contributed by atoms with E-state index in [9.17, 15) is 14.7 Å². The fourth-order valence-corrected chi connectivity index (χ4v) is 3.44. The van der Waals surface area contributed by atoms with E-state index in [1.54, 1.807) is 6.92 Å². The number of aliphatic carboxylic acids is 1. The standard InChI is InChI=1S/C18H25NO3/c1-17(2)14(9-11-18(17,3)16(21)22)15(20)19-12-10-13-7-5-4-6-8-13/h4-8,14H,9-12H2,1-3H3,(H,19,20)(H,21,22)/t14-,18-/m1/s1. The average Bonchev–Trinajstić information content (AvgIpc) is 2.72. The van der Waals surface area contributed by atoms with Crippen molar-refractivity contribution in [1.82, 2.24) is 5.32 Å². The van der Waals surface area contributed by atoms with Crippen molar-refractivity contribution in [3.63, 3.8) is 0 Å². The molecular weight excluding hydrogens is 278 g/mol. The Labute approximate surface area is 131 Å². The molecule has 0 unspecified atom stereocenters. The van der Waals surface area contributed by atoms with Crippen LogP contribution in [0, 0.1) is 16.7 Å². The molecule has 0 aliphatic heterocycles. The van der Waals surface area contributed by atoms with Crippen LogP contribution in [0.25, 0.3) is 0 Å². The SMILES string of the molecule is CC1(C)[C@@H](C(=O)NCCc2ccccc2)CC[C@]1(C)C(=O)O. The molecule has 4 nitrogen and oxygen atoms in total. The molecule has 0 radical (unpaired) electrons. The lowest BCUT2D eigenvalue weighted by molar-refractivity contribution is -0.155. The van der Waals surface area contributed by atoms with Gasteiger partial charge in [0, 0.05) is 12.5 Å². The first-order chi connectivity index (χ1) is 10.3. The summed E-state index contributed by atoms with van der Waals surface area (Å²) in [4.78, 5) is 24.0. The van der Waals surface area contributed by atoms with Crippen molar-refractivity contribution in [3.8, 4) is 0 Å². The maximum atomic E-state index is 12.5. The number of benzene rings is 1. The number of carboxylic acid groups (broad SMARTS) is 1. The summed E-state index contributed by atoms with van der Waals surface area (Å²) in [6.07, 6.45) is 1.97. The van der Waals surface area contributed by atoms with E-state index in [-0.39, 0.29) is 11.8 Å². The third-order valence-electron chi connectivity index (χ3n) is 5.57. The maximum absolute atomic E-state index is 12.5. The molecule has 1 amide bonds. The van der Waals surface area contributed by atoms with Gasteiger partial charge in [0.1, 0.15) is 0 Å². The van der Waals surface area contributed by atoms with E-state index >= 15 is 0 Å². The first-order valence-electron chi connectivity index (χ1n) is 7.84. The quantitative estimate of drug-likeness (QED) is 0.879. The highest BCUT2D eigenvalue weighted by Gasteiger charge is 2.58. The van der Waals surface area contributed by atoms with Gasteiger partial charge in [-0.3, -0.25) is 9.59 Å². The number of rotatable bonds is 5. The van der Waals surface area contributed by atoms with Crippen LogP contribution in [0.2, 0.25) is 0 Å². The lowest BCUT2D eigenvalue weighted by Gasteiger charge is -2.37. The predicted octanol–water partition coefficient (Wildman–Crippen LogP) is 2.87. The van der Waals surface area contributed by atoms with Gasteiger partial charge in [0.05, 0.1) is 5.41 Å². The van der Waals surface area contributed by atoms with E-state index in [0.717, 1.165) is 6.42 Å². The van der Waals surface area contributed by atoms with Crippen LogP contribution in [0.1, 0.15) is 39.2 Å². The molecule has 2 rings (SSSR count). The fraction of sp³-hybridized carbons (Fsp3) is 0.556.